The van der Waals surface area contributed by atoms with Crippen LogP contribution in [0.5, 0.6) is 0 Å². The SMILES string of the molecule is CCN(CC)CCNC(=O)Nc1c(F)cccc1F. The minimum atomic E-state index is -0.793. The summed E-state index contributed by atoms with van der Waals surface area (Å²) in [5.74, 6) is -1.59. The average Bonchev–Trinajstić information content (AvgIpc) is 2.39. The lowest BCUT2D eigenvalue weighted by atomic mass is 10.3. The van der Waals surface area contributed by atoms with Gasteiger partial charge in [-0.2, -0.15) is 0 Å². The smallest absolute Gasteiger partial charge is 0.319 e. The Balaban J connectivity index is 2.43. The van der Waals surface area contributed by atoms with Gasteiger partial charge < -0.3 is 15.5 Å². The molecule has 0 radical (unpaired) electrons. The molecule has 1 rings (SSSR count). The molecule has 0 aliphatic rings. The van der Waals surface area contributed by atoms with Gasteiger partial charge in [0.25, 0.3) is 0 Å². The fourth-order valence-electron chi connectivity index (χ4n) is 1.64. The van der Waals surface area contributed by atoms with Crippen LogP contribution in [0.15, 0.2) is 18.2 Å². The van der Waals surface area contributed by atoms with E-state index in [1.807, 2.05) is 13.8 Å². The van der Waals surface area contributed by atoms with Crippen molar-refractivity contribution < 1.29 is 13.6 Å². The number of hydrogen-bond acceptors (Lipinski definition) is 2. The van der Waals surface area contributed by atoms with Crippen molar-refractivity contribution in [1.29, 1.82) is 0 Å². The number of nitrogens with one attached hydrogen (secondary N) is 2. The van der Waals surface area contributed by atoms with E-state index in [9.17, 15) is 13.6 Å². The van der Waals surface area contributed by atoms with Crippen LogP contribution in [0.1, 0.15) is 13.8 Å². The zero-order valence-corrected chi connectivity index (χ0v) is 11.2. The fourth-order valence-corrected chi connectivity index (χ4v) is 1.64. The van der Waals surface area contributed by atoms with Crippen molar-refractivity contribution in [3.63, 3.8) is 0 Å². The molecule has 2 N–H and O–H groups in total. The number of nitrogens with zero attached hydrogens (tertiary/aromatic N) is 1. The summed E-state index contributed by atoms with van der Waals surface area (Å²) >= 11 is 0. The van der Waals surface area contributed by atoms with Crippen molar-refractivity contribution in [3.8, 4) is 0 Å². The topological polar surface area (TPSA) is 44.4 Å². The van der Waals surface area contributed by atoms with Crippen LogP contribution in [-0.2, 0) is 0 Å². The van der Waals surface area contributed by atoms with Gasteiger partial charge in [-0.25, -0.2) is 13.6 Å². The van der Waals surface area contributed by atoms with Crippen molar-refractivity contribution in [3.05, 3.63) is 29.8 Å². The number of halogens is 2. The van der Waals surface area contributed by atoms with Gasteiger partial charge in [0, 0.05) is 13.1 Å². The first kappa shape index (κ1) is 15.4. The largest absolute Gasteiger partial charge is 0.337 e. The van der Waals surface area contributed by atoms with Gasteiger partial charge in [-0.15, -0.1) is 0 Å². The molecule has 0 saturated carbocycles. The van der Waals surface area contributed by atoms with E-state index in [2.05, 4.69) is 15.5 Å². The third-order valence-electron chi connectivity index (χ3n) is 2.81. The molecule has 106 valence electrons. The highest BCUT2D eigenvalue weighted by Gasteiger charge is 2.11. The van der Waals surface area contributed by atoms with Crippen LogP contribution in [0.2, 0.25) is 0 Å². The third-order valence-corrected chi connectivity index (χ3v) is 2.81. The molecule has 0 unspecified atom stereocenters. The number of para-hydroxylation sites is 1. The first-order valence-corrected chi connectivity index (χ1v) is 6.29. The summed E-state index contributed by atoms with van der Waals surface area (Å²) in [6.07, 6.45) is 0. The number of carbonyl (C=O) groups excluding carboxylic acids is 1. The van der Waals surface area contributed by atoms with E-state index >= 15 is 0 Å². The van der Waals surface area contributed by atoms with Crippen LogP contribution in [0, 0.1) is 11.6 Å². The van der Waals surface area contributed by atoms with Gasteiger partial charge in [-0.1, -0.05) is 19.9 Å². The Morgan fingerprint density at radius 3 is 2.32 bits per heavy atom. The molecule has 2 amide bonds. The zero-order chi connectivity index (χ0) is 14.3. The average molecular weight is 271 g/mol. The van der Waals surface area contributed by atoms with E-state index in [-0.39, 0.29) is 0 Å². The lowest BCUT2D eigenvalue weighted by Crippen LogP contribution is -2.37. The molecule has 0 bridgehead atoms. The van der Waals surface area contributed by atoms with Crippen molar-refractivity contribution in [2.75, 3.05) is 31.5 Å². The highest BCUT2D eigenvalue weighted by Crippen LogP contribution is 2.17. The first-order valence-electron chi connectivity index (χ1n) is 6.29. The molecule has 6 heteroatoms. The van der Waals surface area contributed by atoms with Crippen LogP contribution in [0.3, 0.4) is 0 Å². The monoisotopic (exact) mass is 271 g/mol. The van der Waals surface area contributed by atoms with E-state index in [1.165, 1.54) is 6.07 Å². The maximum absolute atomic E-state index is 13.3. The molecule has 1 aromatic carbocycles. The Morgan fingerprint density at radius 1 is 1.21 bits per heavy atom. The van der Waals surface area contributed by atoms with Gasteiger partial charge in [0.1, 0.15) is 17.3 Å². The molecule has 1 aromatic rings. The minimum absolute atomic E-state index is 0.420. The Bertz CT molecular complexity index is 402. The van der Waals surface area contributed by atoms with E-state index in [0.717, 1.165) is 25.2 Å². The van der Waals surface area contributed by atoms with Crippen molar-refractivity contribution in [1.82, 2.24) is 10.2 Å². The number of amides is 2. The lowest BCUT2D eigenvalue weighted by Gasteiger charge is -2.18. The summed E-state index contributed by atoms with van der Waals surface area (Å²) in [7, 11) is 0. The Kier molecular flexibility index (Phi) is 6.21. The number of rotatable bonds is 6. The van der Waals surface area contributed by atoms with Crippen LogP contribution in [0.25, 0.3) is 0 Å². The maximum Gasteiger partial charge on any atom is 0.319 e. The molecule has 0 heterocycles. The van der Waals surface area contributed by atoms with Crippen molar-refractivity contribution in [2.45, 2.75) is 13.8 Å². The van der Waals surface area contributed by atoms with Crippen LogP contribution >= 0.6 is 0 Å². The van der Waals surface area contributed by atoms with Gasteiger partial charge in [0.05, 0.1) is 0 Å². The molecular formula is C13H19F2N3O. The lowest BCUT2D eigenvalue weighted by molar-refractivity contribution is 0.247. The zero-order valence-electron chi connectivity index (χ0n) is 11.2. The van der Waals surface area contributed by atoms with Crippen molar-refractivity contribution >= 4 is 11.7 Å². The molecule has 19 heavy (non-hydrogen) atoms. The molecule has 4 nitrogen and oxygen atoms in total. The molecule has 0 aliphatic heterocycles. The maximum atomic E-state index is 13.3. The number of benzene rings is 1. The third kappa shape index (κ3) is 4.82. The molecule has 0 fully saturated rings. The minimum Gasteiger partial charge on any atom is -0.337 e. The van der Waals surface area contributed by atoms with E-state index < -0.39 is 23.4 Å². The number of likely N-dealkylation sites (N-methyl/N-ethyl adjacent to an activating group) is 1. The normalized spacial score (nSPS) is 10.6. The summed E-state index contributed by atoms with van der Waals surface area (Å²) in [5, 5.41) is 4.73. The Morgan fingerprint density at radius 2 is 1.79 bits per heavy atom. The van der Waals surface area contributed by atoms with Crippen LogP contribution in [-0.4, -0.2) is 37.1 Å². The predicted molar refractivity (Wildman–Crippen MR) is 71.2 cm³/mol. The van der Waals surface area contributed by atoms with Gasteiger partial charge in [0.15, 0.2) is 0 Å². The summed E-state index contributed by atoms with van der Waals surface area (Å²) in [6.45, 7) is 6.95. The second kappa shape index (κ2) is 7.68. The number of anilines is 1. The number of carbonyl (C=O) groups is 1. The van der Waals surface area contributed by atoms with E-state index in [1.54, 1.807) is 0 Å². The Labute approximate surface area is 111 Å². The summed E-state index contributed by atoms with van der Waals surface area (Å²) in [4.78, 5) is 13.6. The first-order chi connectivity index (χ1) is 9.08. The van der Waals surface area contributed by atoms with Crippen molar-refractivity contribution in [2.24, 2.45) is 0 Å². The Hall–Kier alpha value is -1.69. The molecule has 0 atom stereocenters. The molecular weight excluding hydrogens is 252 g/mol. The van der Waals surface area contributed by atoms with Crippen LogP contribution in [0.4, 0.5) is 19.3 Å². The second-order valence-corrected chi connectivity index (χ2v) is 4.00. The number of hydrogen-bond donors (Lipinski definition) is 2. The second-order valence-electron chi connectivity index (χ2n) is 4.00. The van der Waals surface area contributed by atoms with Gasteiger partial charge >= 0.3 is 6.03 Å². The standard InChI is InChI=1S/C13H19F2N3O/c1-3-18(4-2)9-8-16-13(19)17-12-10(14)6-5-7-11(12)15/h5-7H,3-4,8-9H2,1-2H3,(H2,16,17,19). The predicted octanol–water partition coefficient (Wildman–Crippen LogP) is 2.43. The summed E-state index contributed by atoms with van der Waals surface area (Å²) in [6, 6.07) is 2.81. The van der Waals surface area contributed by atoms with E-state index in [4.69, 9.17) is 0 Å². The van der Waals surface area contributed by atoms with Gasteiger partial charge in [-0.05, 0) is 25.2 Å². The molecule has 0 aromatic heterocycles. The van der Waals surface area contributed by atoms with E-state index in [0.29, 0.717) is 13.1 Å². The molecule has 0 aliphatic carbocycles. The highest BCUT2D eigenvalue weighted by atomic mass is 19.1. The fraction of sp³-hybridized carbons (Fsp3) is 0.462. The quantitative estimate of drug-likeness (QED) is 0.834. The van der Waals surface area contributed by atoms with Crippen LogP contribution < -0.4 is 10.6 Å². The summed E-state index contributed by atoms with van der Waals surface area (Å²) < 4.78 is 26.6. The van der Waals surface area contributed by atoms with Gasteiger partial charge in [0.2, 0.25) is 0 Å². The molecule has 0 spiro atoms. The molecule has 0 saturated heterocycles. The van der Waals surface area contributed by atoms with Gasteiger partial charge in [-0.3, -0.25) is 0 Å². The highest BCUT2D eigenvalue weighted by molar-refractivity contribution is 5.89. The number of urea groups is 1. The summed E-state index contributed by atoms with van der Waals surface area (Å²) in [5.41, 5.74) is -0.428.